The van der Waals surface area contributed by atoms with E-state index in [1.165, 1.54) is 0 Å². The lowest BCUT2D eigenvalue weighted by Crippen LogP contribution is -2.31. The topological polar surface area (TPSA) is 45.1 Å². The van der Waals surface area contributed by atoms with Crippen LogP contribution in [0.15, 0.2) is 18.3 Å². The van der Waals surface area contributed by atoms with Crippen molar-refractivity contribution in [1.29, 1.82) is 0 Å². The molecule has 0 aromatic carbocycles. The molecule has 1 aromatic rings. The normalized spacial score (nSPS) is 14.8. The van der Waals surface area contributed by atoms with Crippen LogP contribution in [-0.4, -0.2) is 22.7 Å². The Balaban J connectivity index is 2.33. The average molecular weight is 243 g/mol. The second kappa shape index (κ2) is 6.84. The van der Waals surface area contributed by atoms with Crippen LogP contribution in [-0.2, 0) is 6.54 Å². The SMILES string of the molecule is CCC(C)C(O)CNCc1cccnc1Cl. The third kappa shape index (κ3) is 4.08. The molecule has 1 rings (SSSR count). The van der Waals surface area contributed by atoms with Gasteiger partial charge >= 0.3 is 0 Å². The Hall–Kier alpha value is -0.640. The van der Waals surface area contributed by atoms with Crippen molar-refractivity contribution in [3.05, 3.63) is 29.0 Å². The van der Waals surface area contributed by atoms with Crippen LogP contribution < -0.4 is 5.32 Å². The molecule has 3 nitrogen and oxygen atoms in total. The van der Waals surface area contributed by atoms with Crippen molar-refractivity contribution in [2.45, 2.75) is 32.9 Å². The maximum absolute atomic E-state index is 9.75. The highest BCUT2D eigenvalue weighted by molar-refractivity contribution is 6.30. The van der Waals surface area contributed by atoms with E-state index in [9.17, 15) is 5.11 Å². The Kier molecular flexibility index (Phi) is 5.74. The molecule has 0 saturated carbocycles. The van der Waals surface area contributed by atoms with E-state index in [4.69, 9.17) is 11.6 Å². The van der Waals surface area contributed by atoms with Gasteiger partial charge in [0.05, 0.1) is 6.10 Å². The Bertz CT molecular complexity index is 320. The van der Waals surface area contributed by atoms with Gasteiger partial charge in [-0.2, -0.15) is 0 Å². The molecule has 0 aliphatic heterocycles. The highest BCUT2D eigenvalue weighted by atomic mass is 35.5. The van der Waals surface area contributed by atoms with Gasteiger partial charge in [-0.1, -0.05) is 37.9 Å². The first kappa shape index (κ1) is 13.4. The molecule has 0 fully saturated rings. The third-order valence-electron chi connectivity index (χ3n) is 2.81. The van der Waals surface area contributed by atoms with E-state index in [0.717, 1.165) is 12.0 Å². The second-order valence-corrected chi connectivity index (χ2v) is 4.40. The predicted octanol–water partition coefficient (Wildman–Crippen LogP) is 2.23. The monoisotopic (exact) mass is 242 g/mol. The number of rotatable bonds is 6. The Morgan fingerprint density at radius 3 is 2.94 bits per heavy atom. The van der Waals surface area contributed by atoms with Crippen molar-refractivity contribution in [2.75, 3.05) is 6.54 Å². The lowest BCUT2D eigenvalue weighted by atomic mass is 10.0. The van der Waals surface area contributed by atoms with Crippen LogP contribution in [0, 0.1) is 5.92 Å². The second-order valence-electron chi connectivity index (χ2n) is 4.04. The Morgan fingerprint density at radius 1 is 1.56 bits per heavy atom. The third-order valence-corrected chi connectivity index (χ3v) is 3.15. The first-order valence-corrected chi connectivity index (χ1v) is 6.01. The van der Waals surface area contributed by atoms with Gasteiger partial charge in [-0.15, -0.1) is 0 Å². The van der Waals surface area contributed by atoms with E-state index >= 15 is 0 Å². The van der Waals surface area contributed by atoms with E-state index in [1.807, 2.05) is 19.1 Å². The molecule has 0 radical (unpaired) electrons. The molecule has 90 valence electrons. The molecule has 0 bridgehead atoms. The van der Waals surface area contributed by atoms with Gasteiger partial charge in [0, 0.05) is 24.8 Å². The molecule has 4 heteroatoms. The van der Waals surface area contributed by atoms with Crippen molar-refractivity contribution >= 4 is 11.6 Å². The number of pyridine rings is 1. The summed E-state index contributed by atoms with van der Waals surface area (Å²) in [4.78, 5) is 3.99. The number of nitrogens with zero attached hydrogens (tertiary/aromatic N) is 1. The van der Waals surface area contributed by atoms with Gasteiger partial charge in [0.25, 0.3) is 0 Å². The molecule has 2 atom stereocenters. The van der Waals surface area contributed by atoms with E-state index in [1.54, 1.807) is 6.20 Å². The molecule has 2 N–H and O–H groups in total. The molecule has 16 heavy (non-hydrogen) atoms. The summed E-state index contributed by atoms with van der Waals surface area (Å²) in [5.41, 5.74) is 0.959. The van der Waals surface area contributed by atoms with Crippen LogP contribution in [0.2, 0.25) is 5.15 Å². The summed E-state index contributed by atoms with van der Waals surface area (Å²) in [6, 6.07) is 3.78. The molecule has 0 saturated heterocycles. The fraction of sp³-hybridized carbons (Fsp3) is 0.583. The summed E-state index contributed by atoms with van der Waals surface area (Å²) in [6.45, 7) is 5.34. The van der Waals surface area contributed by atoms with Crippen molar-refractivity contribution in [3.8, 4) is 0 Å². The first-order chi connectivity index (χ1) is 7.65. The van der Waals surface area contributed by atoms with Crippen LogP contribution in [0.25, 0.3) is 0 Å². The van der Waals surface area contributed by atoms with Crippen molar-refractivity contribution in [3.63, 3.8) is 0 Å². The highest BCUT2D eigenvalue weighted by Gasteiger charge is 2.11. The van der Waals surface area contributed by atoms with Crippen molar-refractivity contribution in [2.24, 2.45) is 5.92 Å². The highest BCUT2D eigenvalue weighted by Crippen LogP contribution is 2.11. The Labute approximate surface area is 102 Å². The van der Waals surface area contributed by atoms with E-state index in [2.05, 4.69) is 17.2 Å². The van der Waals surface area contributed by atoms with E-state index in [0.29, 0.717) is 24.2 Å². The summed E-state index contributed by atoms with van der Waals surface area (Å²) in [7, 11) is 0. The minimum atomic E-state index is -0.305. The van der Waals surface area contributed by atoms with E-state index in [-0.39, 0.29) is 6.10 Å². The lowest BCUT2D eigenvalue weighted by molar-refractivity contribution is 0.113. The lowest BCUT2D eigenvalue weighted by Gasteiger charge is -2.17. The fourth-order valence-electron chi connectivity index (χ4n) is 1.38. The van der Waals surface area contributed by atoms with Crippen LogP contribution in [0.5, 0.6) is 0 Å². The number of aliphatic hydroxyl groups excluding tert-OH is 1. The Morgan fingerprint density at radius 2 is 2.31 bits per heavy atom. The van der Waals surface area contributed by atoms with Crippen LogP contribution in [0.3, 0.4) is 0 Å². The number of aliphatic hydroxyl groups is 1. The summed E-state index contributed by atoms with van der Waals surface area (Å²) in [6.07, 6.45) is 2.34. The summed E-state index contributed by atoms with van der Waals surface area (Å²) in [5, 5.41) is 13.5. The van der Waals surface area contributed by atoms with Gasteiger partial charge in [0.15, 0.2) is 0 Å². The molecule has 1 aromatic heterocycles. The zero-order valence-corrected chi connectivity index (χ0v) is 10.5. The van der Waals surface area contributed by atoms with Crippen LogP contribution in [0.1, 0.15) is 25.8 Å². The standard InChI is InChI=1S/C12H19ClN2O/c1-3-9(2)11(16)8-14-7-10-5-4-6-15-12(10)13/h4-6,9,11,14,16H,3,7-8H2,1-2H3. The minimum Gasteiger partial charge on any atom is -0.392 e. The largest absolute Gasteiger partial charge is 0.392 e. The zero-order chi connectivity index (χ0) is 12.0. The molecule has 1 heterocycles. The number of aromatic nitrogens is 1. The number of hydrogen-bond donors (Lipinski definition) is 2. The molecule has 0 aliphatic carbocycles. The van der Waals surface area contributed by atoms with Gasteiger partial charge in [0.1, 0.15) is 5.15 Å². The quantitative estimate of drug-likeness (QED) is 0.752. The smallest absolute Gasteiger partial charge is 0.133 e. The summed E-state index contributed by atoms with van der Waals surface area (Å²) >= 11 is 5.92. The van der Waals surface area contributed by atoms with Crippen molar-refractivity contribution < 1.29 is 5.11 Å². The number of hydrogen-bond acceptors (Lipinski definition) is 3. The van der Waals surface area contributed by atoms with Gasteiger partial charge in [0.2, 0.25) is 0 Å². The molecular weight excluding hydrogens is 224 g/mol. The molecular formula is C12H19ClN2O. The molecule has 0 spiro atoms. The van der Waals surface area contributed by atoms with Gasteiger partial charge < -0.3 is 10.4 Å². The van der Waals surface area contributed by atoms with Crippen LogP contribution in [0.4, 0.5) is 0 Å². The van der Waals surface area contributed by atoms with Gasteiger partial charge in [-0.05, 0) is 12.0 Å². The predicted molar refractivity (Wildman–Crippen MR) is 66.4 cm³/mol. The van der Waals surface area contributed by atoms with Crippen molar-refractivity contribution in [1.82, 2.24) is 10.3 Å². The molecule has 0 amide bonds. The van der Waals surface area contributed by atoms with Gasteiger partial charge in [-0.25, -0.2) is 4.98 Å². The maximum Gasteiger partial charge on any atom is 0.133 e. The first-order valence-electron chi connectivity index (χ1n) is 5.63. The van der Waals surface area contributed by atoms with Gasteiger partial charge in [-0.3, -0.25) is 0 Å². The molecule has 0 aliphatic rings. The zero-order valence-electron chi connectivity index (χ0n) is 9.78. The minimum absolute atomic E-state index is 0.305. The maximum atomic E-state index is 9.75. The number of nitrogens with one attached hydrogen (secondary N) is 1. The van der Waals surface area contributed by atoms with E-state index < -0.39 is 0 Å². The summed E-state index contributed by atoms with van der Waals surface area (Å²) in [5.74, 6) is 0.317. The van der Waals surface area contributed by atoms with Crippen LogP contribution >= 0.6 is 11.6 Å². The average Bonchev–Trinajstić information content (AvgIpc) is 2.30. The summed E-state index contributed by atoms with van der Waals surface area (Å²) < 4.78 is 0. The number of halogens is 1. The molecule has 2 unspecified atom stereocenters. The fourth-order valence-corrected chi connectivity index (χ4v) is 1.57.